The van der Waals surface area contributed by atoms with Crippen LogP contribution in [0.15, 0.2) is 60.7 Å². The zero-order valence-corrected chi connectivity index (χ0v) is 15.1. The summed E-state index contributed by atoms with van der Waals surface area (Å²) in [5, 5.41) is 0. The van der Waals surface area contributed by atoms with Gasteiger partial charge in [-0.1, -0.05) is 48.5 Å². The molecular formula is C19H21NO4S. The third kappa shape index (κ3) is 5.46. The Bertz CT molecular complexity index is 845. The largest absolute Gasteiger partial charge is 0.463 e. The number of rotatable bonds is 7. The molecule has 132 valence electrons. The van der Waals surface area contributed by atoms with E-state index in [1.807, 2.05) is 30.3 Å². The van der Waals surface area contributed by atoms with Crippen molar-refractivity contribution in [3.05, 3.63) is 71.8 Å². The van der Waals surface area contributed by atoms with Crippen LogP contribution in [-0.4, -0.2) is 27.2 Å². The Morgan fingerprint density at radius 2 is 1.72 bits per heavy atom. The van der Waals surface area contributed by atoms with Crippen LogP contribution >= 0.6 is 0 Å². The summed E-state index contributed by atoms with van der Waals surface area (Å²) in [6.07, 6.45) is 4.03. The maximum Gasteiger partial charge on any atom is 0.330 e. The van der Waals surface area contributed by atoms with Crippen LogP contribution in [-0.2, 0) is 26.1 Å². The topological polar surface area (TPSA) is 63.7 Å². The van der Waals surface area contributed by atoms with Gasteiger partial charge in [-0.05, 0) is 30.2 Å². The van der Waals surface area contributed by atoms with E-state index in [0.29, 0.717) is 11.3 Å². The lowest BCUT2D eigenvalue weighted by molar-refractivity contribution is -0.137. The van der Waals surface area contributed by atoms with E-state index in [-0.39, 0.29) is 13.2 Å². The molecule has 0 N–H and O–H groups in total. The lowest BCUT2D eigenvalue weighted by atomic mass is 10.1. The number of para-hydroxylation sites is 1. The Labute approximate surface area is 148 Å². The molecule has 5 nitrogen and oxygen atoms in total. The van der Waals surface area contributed by atoms with Gasteiger partial charge in [0.05, 0.1) is 25.1 Å². The summed E-state index contributed by atoms with van der Waals surface area (Å²) in [6, 6.07) is 16.4. The average molecular weight is 359 g/mol. The second kappa shape index (κ2) is 8.48. The quantitative estimate of drug-likeness (QED) is 0.562. The fraction of sp³-hybridized carbons (Fsp3) is 0.211. The van der Waals surface area contributed by atoms with Gasteiger partial charge in [0.25, 0.3) is 0 Å². The number of carbonyl (C=O) groups is 1. The van der Waals surface area contributed by atoms with E-state index in [1.54, 1.807) is 37.3 Å². The molecule has 0 atom stereocenters. The smallest absolute Gasteiger partial charge is 0.330 e. The minimum absolute atomic E-state index is 0.212. The summed E-state index contributed by atoms with van der Waals surface area (Å²) in [4.78, 5) is 11.5. The van der Waals surface area contributed by atoms with E-state index in [0.717, 1.165) is 5.56 Å². The molecule has 0 bridgehead atoms. The van der Waals surface area contributed by atoms with Crippen molar-refractivity contribution >= 4 is 27.8 Å². The van der Waals surface area contributed by atoms with Gasteiger partial charge in [0.1, 0.15) is 0 Å². The summed E-state index contributed by atoms with van der Waals surface area (Å²) in [5.41, 5.74) is 2.00. The first-order chi connectivity index (χ1) is 11.9. The molecule has 0 amide bonds. The predicted octanol–water partition coefficient (Wildman–Crippen LogP) is 3.23. The van der Waals surface area contributed by atoms with E-state index in [4.69, 9.17) is 4.74 Å². The first kappa shape index (κ1) is 18.7. The third-order valence-corrected chi connectivity index (χ3v) is 4.59. The number of sulfonamides is 1. The number of nitrogens with zero attached hydrogens (tertiary/aromatic N) is 1. The summed E-state index contributed by atoms with van der Waals surface area (Å²) in [5.74, 6) is -0.466. The number of hydrogen-bond donors (Lipinski definition) is 0. The Morgan fingerprint density at radius 3 is 2.36 bits per heavy atom. The number of hydrogen-bond acceptors (Lipinski definition) is 4. The third-order valence-electron chi connectivity index (χ3n) is 3.46. The predicted molar refractivity (Wildman–Crippen MR) is 99.6 cm³/mol. The van der Waals surface area contributed by atoms with Crippen molar-refractivity contribution < 1.29 is 17.9 Å². The number of esters is 1. The van der Waals surface area contributed by atoms with Crippen molar-refractivity contribution in [2.45, 2.75) is 13.5 Å². The van der Waals surface area contributed by atoms with Crippen LogP contribution in [0.1, 0.15) is 18.1 Å². The molecule has 0 heterocycles. The molecule has 0 aromatic heterocycles. The van der Waals surface area contributed by atoms with E-state index in [1.165, 1.54) is 16.6 Å². The molecule has 6 heteroatoms. The van der Waals surface area contributed by atoms with Crippen molar-refractivity contribution in [2.75, 3.05) is 17.2 Å². The lowest BCUT2D eigenvalue weighted by Gasteiger charge is -2.24. The molecule has 2 aromatic rings. The summed E-state index contributed by atoms with van der Waals surface area (Å²) in [7, 11) is -3.50. The summed E-state index contributed by atoms with van der Waals surface area (Å²) in [6.45, 7) is 2.23. The Kier molecular flexibility index (Phi) is 6.36. The Morgan fingerprint density at radius 1 is 1.08 bits per heavy atom. The standard InChI is InChI=1S/C19H21NO4S/c1-3-24-19(21)14-13-17-11-7-8-12-18(17)20(25(2,22)23)15-16-9-5-4-6-10-16/h4-14H,3,15H2,1-2H3. The molecule has 0 aliphatic rings. The van der Waals surface area contributed by atoms with Gasteiger partial charge in [-0.25, -0.2) is 13.2 Å². The zero-order chi connectivity index (χ0) is 18.3. The van der Waals surface area contributed by atoms with Crippen molar-refractivity contribution in [1.82, 2.24) is 0 Å². The maximum atomic E-state index is 12.3. The fourth-order valence-corrected chi connectivity index (χ4v) is 3.24. The van der Waals surface area contributed by atoms with Crippen molar-refractivity contribution in [2.24, 2.45) is 0 Å². The van der Waals surface area contributed by atoms with Gasteiger partial charge in [0.15, 0.2) is 0 Å². The average Bonchev–Trinajstić information content (AvgIpc) is 2.58. The SMILES string of the molecule is CCOC(=O)C=Cc1ccccc1N(Cc1ccccc1)S(C)(=O)=O. The van der Waals surface area contributed by atoms with Crippen LogP contribution < -0.4 is 4.31 Å². The lowest BCUT2D eigenvalue weighted by Crippen LogP contribution is -2.29. The summed E-state index contributed by atoms with van der Waals surface area (Å²) >= 11 is 0. The van der Waals surface area contributed by atoms with Gasteiger partial charge in [-0.15, -0.1) is 0 Å². The highest BCUT2D eigenvalue weighted by Crippen LogP contribution is 2.26. The molecule has 0 aliphatic heterocycles. The second-order valence-corrected chi connectivity index (χ2v) is 7.31. The van der Waals surface area contributed by atoms with E-state index < -0.39 is 16.0 Å². The fourth-order valence-electron chi connectivity index (χ4n) is 2.33. The van der Waals surface area contributed by atoms with Crippen LogP contribution in [0.5, 0.6) is 0 Å². The minimum atomic E-state index is -3.50. The van der Waals surface area contributed by atoms with Crippen LogP contribution in [0.2, 0.25) is 0 Å². The molecule has 0 unspecified atom stereocenters. The number of ether oxygens (including phenoxy) is 1. The first-order valence-electron chi connectivity index (χ1n) is 7.87. The number of anilines is 1. The first-order valence-corrected chi connectivity index (χ1v) is 9.72. The van der Waals surface area contributed by atoms with Gasteiger partial charge in [-0.3, -0.25) is 4.31 Å². The molecule has 25 heavy (non-hydrogen) atoms. The molecule has 0 radical (unpaired) electrons. The van der Waals surface area contributed by atoms with Gasteiger partial charge in [-0.2, -0.15) is 0 Å². The molecule has 0 saturated carbocycles. The van der Waals surface area contributed by atoms with Crippen molar-refractivity contribution in [1.29, 1.82) is 0 Å². The Balaban J connectivity index is 2.40. The molecule has 0 spiro atoms. The molecule has 0 saturated heterocycles. The van der Waals surface area contributed by atoms with Crippen LogP contribution in [0.25, 0.3) is 6.08 Å². The number of carbonyl (C=O) groups excluding carboxylic acids is 1. The highest BCUT2D eigenvalue weighted by atomic mass is 32.2. The molecule has 0 fully saturated rings. The Hall–Kier alpha value is -2.60. The van der Waals surface area contributed by atoms with Crippen LogP contribution in [0.4, 0.5) is 5.69 Å². The minimum Gasteiger partial charge on any atom is -0.463 e. The number of benzene rings is 2. The zero-order valence-electron chi connectivity index (χ0n) is 14.3. The normalized spacial score (nSPS) is 11.4. The van der Waals surface area contributed by atoms with Gasteiger partial charge < -0.3 is 4.74 Å². The monoisotopic (exact) mass is 359 g/mol. The maximum absolute atomic E-state index is 12.3. The van der Waals surface area contributed by atoms with E-state index in [9.17, 15) is 13.2 Å². The second-order valence-electron chi connectivity index (χ2n) is 5.40. The van der Waals surface area contributed by atoms with Crippen LogP contribution in [0.3, 0.4) is 0 Å². The summed E-state index contributed by atoms with van der Waals surface area (Å²) < 4.78 is 30.9. The molecule has 0 aliphatic carbocycles. The van der Waals surface area contributed by atoms with Crippen LogP contribution in [0, 0.1) is 0 Å². The van der Waals surface area contributed by atoms with Gasteiger partial charge >= 0.3 is 5.97 Å². The van der Waals surface area contributed by atoms with E-state index in [2.05, 4.69) is 0 Å². The van der Waals surface area contributed by atoms with Crippen molar-refractivity contribution in [3.8, 4) is 0 Å². The van der Waals surface area contributed by atoms with Crippen molar-refractivity contribution in [3.63, 3.8) is 0 Å². The highest BCUT2D eigenvalue weighted by molar-refractivity contribution is 7.92. The van der Waals surface area contributed by atoms with E-state index >= 15 is 0 Å². The molecule has 2 rings (SSSR count). The van der Waals surface area contributed by atoms with Gasteiger partial charge in [0.2, 0.25) is 10.0 Å². The molecule has 2 aromatic carbocycles. The molecular weight excluding hydrogens is 338 g/mol. The van der Waals surface area contributed by atoms with Gasteiger partial charge in [0, 0.05) is 6.08 Å². The highest BCUT2D eigenvalue weighted by Gasteiger charge is 2.19.